The highest BCUT2D eigenvalue weighted by molar-refractivity contribution is 9.11. The number of carbonyl (C=O) groups excluding carboxylic acids is 1. The van der Waals surface area contributed by atoms with Crippen molar-refractivity contribution < 1.29 is 4.79 Å². The van der Waals surface area contributed by atoms with Crippen LogP contribution in [0.2, 0.25) is 0 Å². The number of nitriles is 1. The highest BCUT2D eigenvalue weighted by atomic mass is 79.9. The molecule has 0 atom stereocenters. The Kier molecular flexibility index (Phi) is 6.64. The van der Waals surface area contributed by atoms with Crippen molar-refractivity contribution in [1.82, 2.24) is 4.57 Å². The van der Waals surface area contributed by atoms with Crippen molar-refractivity contribution in [1.29, 1.82) is 5.26 Å². The van der Waals surface area contributed by atoms with Gasteiger partial charge in [0.15, 0.2) is 0 Å². The SMILES string of the molecule is Cc1ccc(-n2c(C)cc(/C=C(\C#N)C(=O)Nc3c(Br)cc(C)cc3Br)c2C)cc1. The number of halogens is 2. The Hall–Kier alpha value is -2.62. The molecule has 2 aromatic carbocycles. The molecule has 4 nitrogen and oxygen atoms in total. The van der Waals surface area contributed by atoms with Gasteiger partial charge in [0.2, 0.25) is 0 Å². The van der Waals surface area contributed by atoms with Crippen LogP contribution in [0.4, 0.5) is 5.69 Å². The molecule has 0 fully saturated rings. The number of amides is 1. The van der Waals surface area contributed by atoms with Gasteiger partial charge in [0.05, 0.1) is 5.69 Å². The Morgan fingerprint density at radius 1 is 1.00 bits per heavy atom. The van der Waals surface area contributed by atoms with Gasteiger partial charge in [-0.3, -0.25) is 4.79 Å². The molecule has 6 heteroatoms. The summed E-state index contributed by atoms with van der Waals surface area (Å²) < 4.78 is 3.61. The fraction of sp³-hybridized carbons (Fsp3) is 0.167. The number of anilines is 1. The maximum absolute atomic E-state index is 12.8. The number of nitrogens with zero attached hydrogens (tertiary/aromatic N) is 2. The third-order valence-corrected chi connectivity index (χ3v) is 6.10. The molecule has 0 bridgehead atoms. The topological polar surface area (TPSA) is 57.8 Å². The molecule has 3 aromatic rings. The lowest BCUT2D eigenvalue weighted by Crippen LogP contribution is -2.14. The Morgan fingerprint density at radius 3 is 2.17 bits per heavy atom. The summed E-state index contributed by atoms with van der Waals surface area (Å²) in [5.41, 5.74) is 6.76. The molecule has 1 amide bonds. The molecule has 30 heavy (non-hydrogen) atoms. The molecule has 3 rings (SSSR count). The molecule has 0 aliphatic heterocycles. The number of carbonyl (C=O) groups is 1. The van der Waals surface area contributed by atoms with Crippen LogP contribution in [-0.4, -0.2) is 10.5 Å². The van der Waals surface area contributed by atoms with E-state index < -0.39 is 5.91 Å². The summed E-state index contributed by atoms with van der Waals surface area (Å²) in [6, 6.07) is 16.1. The van der Waals surface area contributed by atoms with Gasteiger partial charge < -0.3 is 9.88 Å². The summed E-state index contributed by atoms with van der Waals surface area (Å²) in [5.74, 6) is -0.456. The predicted molar refractivity (Wildman–Crippen MR) is 129 cm³/mol. The van der Waals surface area contributed by atoms with E-state index in [-0.39, 0.29) is 5.57 Å². The fourth-order valence-electron chi connectivity index (χ4n) is 3.33. The van der Waals surface area contributed by atoms with Crippen LogP contribution in [0.5, 0.6) is 0 Å². The van der Waals surface area contributed by atoms with E-state index in [1.807, 2.05) is 45.0 Å². The lowest BCUT2D eigenvalue weighted by molar-refractivity contribution is -0.112. The van der Waals surface area contributed by atoms with Crippen molar-refractivity contribution in [3.8, 4) is 11.8 Å². The Bertz CT molecular complexity index is 1180. The molecule has 1 heterocycles. The number of rotatable bonds is 4. The number of hydrogen-bond acceptors (Lipinski definition) is 2. The molecular weight excluding hydrogens is 506 g/mol. The van der Waals surface area contributed by atoms with Crippen LogP contribution in [0.25, 0.3) is 11.8 Å². The second-order valence-corrected chi connectivity index (χ2v) is 8.93. The quantitative estimate of drug-likeness (QED) is 0.301. The van der Waals surface area contributed by atoms with Crippen LogP contribution in [-0.2, 0) is 4.79 Å². The third kappa shape index (κ3) is 4.58. The summed E-state index contributed by atoms with van der Waals surface area (Å²) >= 11 is 6.94. The molecule has 1 aromatic heterocycles. The fourth-order valence-corrected chi connectivity index (χ4v) is 4.94. The number of aromatic nitrogens is 1. The van der Waals surface area contributed by atoms with Gasteiger partial charge in [-0.1, -0.05) is 17.7 Å². The van der Waals surface area contributed by atoms with Crippen LogP contribution in [0.15, 0.2) is 57.0 Å². The van der Waals surface area contributed by atoms with Crippen LogP contribution >= 0.6 is 31.9 Å². The smallest absolute Gasteiger partial charge is 0.266 e. The first-order valence-electron chi connectivity index (χ1n) is 9.36. The first-order valence-corrected chi connectivity index (χ1v) is 10.9. The van der Waals surface area contributed by atoms with Crippen LogP contribution in [0, 0.1) is 39.0 Å². The monoisotopic (exact) mass is 525 g/mol. The van der Waals surface area contributed by atoms with E-state index in [0.29, 0.717) is 5.69 Å². The molecule has 0 unspecified atom stereocenters. The summed E-state index contributed by atoms with van der Waals surface area (Å²) in [4.78, 5) is 12.8. The molecule has 0 aliphatic rings. The number of nitrogens with one attached hydrogen (secondary N) is 1. The standard InChI is InChI=1S/C24H21Br2N3O/c1-14-5-7-20(8-6-14)29-16(3)11-18(17(29)4)12-19(13-27)24(30)28-23-21(25)9-15(2)10-22(23)26/h5-12H,1-4H3,(H,28,30)/b19-12+. The molecule has 0 saturated carbocycles. The van der Waals surface area contributed by atoms with Gasteiger partial charge in [-0.15, -0.1) is 0 Å². The largest absolute Gasteiger partial charge is 0.319 e. The zero-order valence-corrected chi connectivity index (χ0v) is 20.3. The van der Waals surface area contributed by atoms with E-state index in [2.05, 4.69) is 72.9 Å². The lowest BCUT2D eigenvalue weighted by atomic mass is 10.1. The molecule has 1 N–H and O–H groups in total. The summed E-state index contributed by atoms with van der Waals surface area (Å²) in [7, 11) is 0. The van der Waals surface area contributed by atoms with Crippen LogP contribution in [0.1, 0.15) is 28.1 Å². The van der Waals surface area contributed by atoms with Crippen molar-refractivity contribution in [3.63, 3.8) is 0 Å². The van der Waals surface area contributed by atoms with E-state index >= 15 is 0 Å². The van der Waals surface area contributed by atoms with Crippen molar-refractivity contribution in [2.24, 2.45) is 0 Å². The van der Waals surface area contributed by atoms with Gasteiger partial charge in [-0.25, -0.2) is 0 Å². The molecule has 0 radical (unpaired) electrons. The molecule has 152 valence electrons. The summed E-state index contributed by atoms with van der Waals surface area (Å²) in [5, 5.41) is 12.4. The van der Waals surface area contributed by atoms with Crippen molar-refractivity contribution in [3.05, 3.63) is 85.1 Å². The van der Waals surface area contributed by atoms with E-state index in [1.165, 1.54) is 5.56 Å². The highest BCUT2D eigenvalue weighted by Crippen LogP contribution is 2.33. The third-order valence-electron chi connectivity index (χ3n) is 4.85. The van der Waals surface area contributed by atoms with Gasteiger partial charge >= 0.3 is 0 Å². The van der Waals surface area contributed by atoms with Gasteiger partial charge in [-0.05, 0) is 107 Å². The second-order valence-electron chi connectivity index (χ2n) is 7.22. The molecule has 0 saturated heterocycles. The minimum atomic E-state index is -0.456. The minimum Gasteiger partial charge on any atom is -0.319 e. The average Bonchev–Trinajstić information content (AvgIpc) is 2.96. The highest BCUT2D eigenvalue weighted by Gasteiger charge is 2.16. The Balaban J connectivity index is 1.95. The molecule has 0 aliphatic carbocycles. The summed E-state index contributed by atoms with van der Waals surface area (Å²) in [6.07, 6.45) is 1.64. The maximum atomic E-state index is 12.8. The predicted octanol–water partition coefficient (Wildman–Crippen LogP) is 6.78. The van der Waals surface area contributed by atoms with E-state index in [9.17, 15) is 10.1 Å². The zero-order chi connectivity index (χ0) is 22.0. The van der Waals surface area contributed by atoms with E-state index in [4.69, 9.17) is 0 Å². The number of hydrogen-bond donors (Lipinski definition) is 1. The molecular formula is C24H21Br2N3O. The van der Waals surface area contributed by atoms with Crippen molar-refractivity contribution in [2.75, 3.05) is 5.32 Å². The first-order chi connectivity index (χ1) is 14.2. The van der Waals surface area contributed by atoms with Gasteiger partial charge in [-0.2, -0.15) is 5.26 Å². The summed E-state index contributed by atoms with van der Waals surface area (Å²) in [6.45, 7) is 8.01. The maximum Gasteiger partial charge on any atom is 0.266 e. The number of aryl methyl sites for hydroxylation is 3. The number of benzene rings is 2. The second kappa shape index (κ2) is 9.03. The molecule has 0 spiro atoms. The van der Waals surface area contributed by atoms with E-state index in [0.717, 1.165) is 37.1 Å². The Morgan fingerprint density at radius 2 is 1.60 bits per heavy atom. The van der Waals surface area contributed by atoms with Crippen molar-refractivity contribution in [2.45, 2.75) is 27.7 Å². The van der Waals surface area contributed by atoms with Gasteiger partial charge in [0.25, 0.3) is 5.91 Å². The average molecular weight is 527 g/mol. The van der Waals surface area contributed by atoms with Crippen LogP contribution in [0.3, 0.4) is 0 Å². The normalized spacial score (nSPS) is 11.3. The van der Waals surface area contributed by atoms with Gasteiger partial charge in [0, 0.05) is 26.0 Å². The van der Waals surface area contributed by atoms with Crippen molar-refractivity contribution >= 4 is 49.5 Å². The van der Waals surface area contributed by atoms with Crippen LogP contribution < -0.4 is 5.32 Å². The van der Waals surface area contributed by atoms with Gasteiger partial charge in [0.1, 0.15) is 11.6 Å². The van der Waals surface area contributed by atoms with E-state index in [1.54, 1.807) is 6.08 Å². The minimum absolute atomic E-state index is 0.0403. The Labute approximate surface area is 193 Å². The first kappa shape index (κ1) is 22.1. The zero-order valence-electron chi connectivity index (χ0n) is 17.2. The lowest BCUT2D eigenvalue weighted by Gasteiger charge is -2.11.